The number of hydrogen-bond acceptors (Lipinski definition) is 7. The molecule has 0 saturated carbocycles. The number of ether oxygens (including phenoxy) is 1. The Kier molecular flexibility index (Phi) is 6.51. The number of nitrogens with zero attached hydrogens (tertiary/aromatic N) is 2. The molecule has 0 fully saturated rings. The summed E-state index contributed by atoms with van der Waals surface area (Å²) < 4.78 is 14.1. The van der Waals surface area contributed by atoms with Gasteiger partial charge in [-0.3, -0.25) is 4.79 Å². The van der Waals surface area contributed by atoms with E-state index >= 15 is 0 Å². The number of carbonyl (C=O) groups excluding carboxylic acids is 1. The fourth-order valence-electron chi connectivity index (χ4n) is 2.58. The van der Waals surface area contributed by atoms with Gasteiger partial charge in [0, 0.05) is 10.0 Å². The lowest BCUT2D eigenvalue weighted by Crippen LogP contribution is -2.17. The van der Waals surface area contributed by atoms with Crippen molar-refractivity contribution in [2.24, 2.45) is 5.10 Å². The second-order valence-corrected chi connectivity index (χ2v) is 9.21. The van der Waals surface area contributed by atoms with Gasteiger partial charge < -0.3 is 9.15 Å². The Morgan fingerprint density at radius 1 is 1.30 bits per heavy atom. The molecule has 0 unspecified atom stereocenters. The molecular weight excluding hydrogens is 486 g/mol. The number of benzene rings is 2. The molecule has 0 saturated heterocycles. The number of halogens is 1. The summed E-state index contributed by atoms with van der Waals surface area (Å²) in [5, 5.41) is 4.65. The molecule has 2 heterocycles. The number of rotatable bonds is 7. The molecule has 4 rings (SSSR count). The molecule has 0 aliphatic carbocycles. The van der Waals surface area contributed by atoms with Crippen LogP contribution < -0.4 is 10.2 Å². The van der Waals surface area contributed by atoms with Crippen LogP contribution in [0.1, 0.15) is 23.0 Å². The Hall–Kier alpha value is -2.62. The number of hydrogen-bond donors (Lipinski definition) is 1. The highest BCUT2D eigenvalue weighted by Crippen LogP contribution is 2.36. The molecule has 9 heteroatoms. The van der Waals surface area contributed by atoms with Crippen molar-refractivity contribution in [1.29, 1.82) is 0 Å². The third kappa shape index (κ3) is 5.10. The van der Waals surface area contributed by atoms with Gasteiger partial charge in [-0.1, -0.05) is 22.0 Å². The van der Waals surface area contributed by atoms with Crippen LogP contribution >= 0.6 is 39.0 Å². The predicted octanol–water partition coefficient (Wildman–Crippen LogP) is 5.97. The molecule has 4 aromatic rings. The standard InChI is InChI=1S/C21H16BrN3O3S2/c1-2-27-15-6-8-17-18(11-15)29-21(24-17)30-19-9-7-16(28-19)12-23-25-20(26)13-4-3-5-14(22)10-13/h3-12H,2H2,1H3,(H,25,26). The van der Waals surface area contributed by atoms with Gasteiger partial charge in [-0.2, -0.15) is 5.10 Å². The molecular formula is C21H16BrN3O3S2. The number of furan rings is 1. The van der Waals surface area contributed by atoms with Gasteiger partial charge in [-0.15, -0.1) is 11.3 Å². The zero-order chi connectivity index (χ0) is 20.9. The Morgan fingerprint density at radius 2 is 2.20 bits per heavy atom. The van der Waals surface area contributed by atoms with Gasteiger partial charge in [0.25, 0.3) is 5.91 Å². The van der Waals surface area contributed by atoms with E-state index in [9.17, 15) is 4.79 Å². The van der Waals surface area contributed by atoms with Crippen LogP contribution in [0.15, 0.2) is 78.0 Å². The van der Waals surface area contributed by atoms with Crippen LogP contribution in [0.2, 0.25) is 0 Å². The zero-order valence-corrected chi connectivity index (χ0v) is 19.0. The van der Waals surface area contributed by atoms with Crippen molar-refractivity contribution in [2.75, 3.05) is 6.61 Å². The fraction of sp³-hybridized carbons (Fsp3) is 0.0952. The highest BCUT2D eigenvalue weighted by atomic mass is 79.9. The van der Waals surface area contributed by atoms with Crippen LogP contribution in [0.4, 0.5) is 0 Å². The van der Waals surface area contributed by atoms with Gasteiger partial charge in [-0.05, 0) is 67.2 Å². The summed E-state index contributed by atoms with van der Waals surface area (Å²) in [6.45, 7) is 2.59. The van der Waals surface area contributed by atoms with Crippen molar-refractivity contribution in [3.8, 4) is 5.75 Å². The molecule has 6 nitrogen and oxygen atoms in total. The van der Waals surface area contributed by atoms with Crippen molar-refractivity contribution in [3.05, 3.63) is 70.4 Å². The number of fused-ring (bicyclic) bond motifs is 1. The number of hydrazone groups is 1. The van der Waals surface area contributed by atoms with Crippen LogP contribution in [-0.4, -0.2) is 23.7 Å². The first-order chi connectivity index (χ1) is 14.6. The average molecular weight is 502 g/mol. The molecule has 30 heavy (non-hydrogen) atoms. The van der Waals surface area contributed by atoms with E-state index in [-0.39, 0.29) is 5.91 Å². The van der Waals surface area contributed by atoms with E-state index in [4.69, 9.17) is 9.15 Å². The summed E-state index contributed by atoms with van der Waals surface area (Å²) in [6.07, 6.45) is 1.46. The van der Waals surface area contributed by atoms with Crippen LogP contribution in [0.3, 0.4) is 0 Å². The van der Waals surface area contributed by atoms with Crippen molar-refractivity contribution in [3.63, 3.8) is 0 Å². The summed E-state index contributed by atoms with van der Waals surface area (Å²) in [7, 11) is 0. The van der Waals surface area contributed by atoms with E-state index in [0.29, 0.717) is 23.0 Å². The Balaban J connectivity index is 1.38. The lowest BCUT2D eigenvalue weighted by Gasteiger charge is -2.00. The lowest BCUT2D eigenvalue weighted by molar-refractivity contribution is 0.0955. The number of thiazole rings is 1. The number of nitrogens with one attached hydrogen (secondary N) is 1. The van der Waals surface area contributed by atoms with Gasteiger partial charge >= 0.3 is 0 Å². The third-order valence-corrected chi connectivity index (χ3v) is 6.38. The number of carbonyl (C=O) groups is 1. The fourth-order valence-corrected chi connectivity index (χ4v) is 4.97. The van der Waals surface area contributed by atoms with Crippen molar-refractivity contribution < 1.29 is 13.9 Å². The molecule has 0 atom stereocenters. The van der Waals surface area contributed by atoms with E-state index in [1.54, 1.807) is 35.6 Å². The largest absolute Gasteiger partial charge is 0.494 e. The monoisotopic (exact) mass is 501 g/mol. The van der Waals surface area contributed by atoms with Crippen LogP contribution in [0.5, 0.6) is 5.75 Å². The minimum Gasteiger partial charge on any atom is -0.494 e. The topological polar surface area (TPSA) is 76.7 Å². The second kappa shape index (κ2) is 9.46. The Bertz CT molecular complexity index is 1220. The zero-order valence-electron chi connectivity index (χ0n) is 15.8. The Morgan fingerprint density at radius 3 is 3.03 bits per heavy atom. The van der Waals surface area contributed by atoms with Crippen LogP contribution in [-0.2, 0) is 0 Å². The first-order valence-corrected chi connectivity index (χ1v) is 11.4. The van der Waals surface area contributed by atoms with E-state index in [0.717, 1.165) is 24.8 Å². The predicted molar refractivity (Wildman–Crippen MR) is 123 cm³/mol. The smallest absolute Gasteiger partial charge is 0.271 e. The maximum atomic E-state index is 12.1. The van der Waals surface area contributed by atoms with Crippen molar-refractivity contribution >= 4 is 61.4 Å². The molecule has 0 aliphatic rings. The van der Waals surface area contributed by atoms with Gasteiger partial charge in [0.05, 0.1) is 23.0 Å². The van der Waals surface area contributed by atoms with E-state index < -0.39 is 0 Å². The summed E-state index contributed by atoms with van der Waals surface area (Å²) in [5.74, 6) is 1.08. The van der Waals surface area contributed by atoms with Crippen molar-refractivity contribution in [2.45, 2.75) is 16.4 Å². The van der Waals surface area contributed by atoms with Crippen molar-refractivity contribution in [1.82, 2.24) is 10.4 Å². The third-order valence-electron chi connectivity index (χ3n) is 3.89. The highest BCUT2D eigenvalue weighted by Gasteiger charge is 2.10. The second-order valence-electron chi connectivity index (χ2n) is 6.01. The number of aromatic nitrogens is 1. The Labute approximate surface area is 189 Å². The van der Waals surface area contributed by atoms with Gasteiger partial charge in [0.2, 0.25) is 0 Å². The summed E-state index contributed by atoms with van der Waals surface area (Å²) in [5.41, 5.74) is 3.93. The molecule has 0 bridgehead atoms. The van der Waals surface area contributed by atoms with Gasteiger partial charge in [0.1, 0.15) is 11.5 Å². The van der Waals surface area contributed by atoms with Gasteiger partial charge in [0.15, 0.2) is 9.43 Å². The minimum atomic E-state index is -0.297. The van der Waals surface area contributed by atoms with E-state index in [1.807, 2.05) is 37.3 Å². The summed E-state index contributed by atoms with van der Waals surface area (Å²) >= 11 is 6.36. The normalized spacial score (nSPS) is 11.3. The highest BCUT2D eigenvalue weighted by molar-refractivity contribution is 9.10. The quantitative estimate of drug-likeness (QED) is 0.249. The van der Waals surface area contributed by atoms with Crippen LogP contribution in [0, 0.1) is 0 Å². The molecule has 2 aromatic carbocycles. The average Bonchev–Trinajstić information content (AvgIpc) is 3.34. The van der Waals surface area contributed by atoms with Gasteiger partial charge in [-0.25, -0.2) is 10.4 Å². The summed E-state index contributed by atoms with van der Waals surface area (Å²) in [4.78, 5) is 16.7. The van der Waals surface area contributed by atoms with E-state index in [2.05, 4.69) is 31.4 Å². The molecule has 0 aliphatic heterocycles. The van der Waals surface area contributed by atoms with E-state index in [1.165, 1.54) is 18.0 Å². The molecule has 1 N–H and O–H groups in total. The number of amides is 1. The SMILES string of the molecule is CCOc1ccc2nc(Sc3ccc(C=NNC(=O)c4cccc(Br)c4)o3)sc2c1. The first kappa shape index (κ1) is 20.6. The maximum absolute atomic E-state index is 12.1. The minimum absolute atomic E-state index is 0.297. The lowest BCUT2D eigenvalue weighted by atomic mass is 10.2. The molecule has 152 valence electrons. The molecule has 2 aromatic heterocycles. The maximum Gasteiger partial charge on any atom is 0.271 e. The molecule has 1 amide bonds. The first-order valence-electron chi connectivity index (χ1n) is 9.01. The molecule has 0 radical (unpaired) electrons. The molecule has 0 spiro atoms. The summed E-state index contributed by atoms with van der Waals surface area (Å²) in [6, 6.07) is 16.6. The van der Waals surface area contributed by atoms with Crippen LogP contribution in [0.25, 0.3) is 10.2 Å².